The fourth-order valence-corrected chi connectivity index (χ4v) is 2.44. The van der Waals surface area contributed by atoms with Gasteiger partial charge in [-0.15, -0.1) is 0 Å². The summed E-state index contributed by atoms with van der Waals surface area (Å²) < 4.78 is 5.70. The van der Waals surface area contributed by atoms with Crippen molar-refractivity contribution in [3.63, 3.8) is 0 Å². The molecule has 0 saturated carbocycles. The highest BCUT2D eigenvalue weighted by Gasteiger charge is 2.32. The number of carbonyl (C=O) groups excluding carboxylic acids is 2. The number of aryl methyl sites for hydroxylation is 1. The molecule has 5 nitrogen and oxygen atoms in total. The minimum Gasteiger partial charge on any atom is -0.490 e. The minimum absolute atomic E-state index is 0.108. The van der Waals surface area contributed by atoms with E-state index in [-0.39, 0.29) is 11.8 Å². The number of fused-ring (bicyclic) bond motifs is 1. The molecule has 0 unspecified atom stereocenters. The topological polar surface area (TPSA) is 67.4 Å². The van der Waals surface area contributed by atoms with Crippen LogP contribution in [0.2, 0.25) is 0 Å². The third-order valence-electron chi connectivity index (χ3n) is 3.97. The van der Waals surface area contributed by atoms with E-state index in [2.05, 4.69) is 10.6 Å². The first-order valence-corrected chi connectivity index (χ1v) is 7.81. The molecular formula is C19H20N2O3. The summed E-state index contributed by atoms with van der Waals surface area (Å²) in [5, 5.41) is 5.71. The van der Waals surface area contributed by atoms with Gasteiger partial charge in [-0.3, -0.25) is 9.59 Å². The van der Waals surface area contributed by atoms with Crippen molar-refractivity contribution >= 4 is 23.2 Å². The molecule has 0 bridgehead atoms. The zero-order valence-electron chi connectivity index (χ0n) is 14.0. The lowest BCUT2D eigenvalue weighted by Gasteiger charge is -2.18. The molecule has 2 aromatic carbocycles. The van der Waals surface area contributed by atoms with Crippen LogP contribution >= 0.6 is 0 Å². The highest BCUT2D eigenvalue weighted by atomic mass is 16.5. The Labute approximate surface area is 141 Å². The number of hydrogen-bond donors (Lipinski definition) is 2. The maximum Gasteiger partial charge on any atom is 0.255 e. The molecule has 0 fully saturated rings. The van der Waals surface area contributed by atoms with E-state index >= 15 is 0 Å². The second-order valence-electron chi connectivity index (χ2n) is 6.66. The van der Waals surface area contributed by atoms with Gasteiger partial charge < -0.3 is 15.4 Å². The molecule has 0 atom stereocenters. The van der Waals surface area contributed by atoms with Gasteiger partial charge in [-0.1, -0.05) is 17.7 Å². The van der Waals surface area contributed by atoms with Gasteiger partial charge in [0.2, 0.25) is 5.91 Å². The summed E-state index contributed by atoms with van der Waals surface area (Å²) in [6.07, 6.45) is 0. The van der Waals surface area contributed by atoms with Crippen LogP contribution in [0, 0.1) is 12.3 Å². The SMILES string of the molecule is Cc1cccc(C(=O)Nc2ccc3c(c2)NC(=O)C(C)(C)CO3)c1. The molecule has 3 rings (SSSR count). The number of hydrogen-bond acceptors (Lipinski definition) is 3. The van der Waals surface area contributed by atoms with Gasteiger partial charge in [0.25, 0.3) is 5.91 Å². The van der Waals surface area contributed by atoms with Crippen LogP contribution < -0.4 is 15.4 Å². The predicted molar refractivity (Wildman–Crippen MR) is 93.5 cm³/mol. The first-order valence-electron chi connectivity index (χ1n) is 7.81. The van der Waals surface area contributed by atoms with E-state index in [1.54, 1.807) is 24.3 Å². The van der Waals surface area contributed by atoms with Crippen LogP contribution in [0.3, 0.4) is 0 Å². The predicted octanol–water partition coefficient (Wildman–Crippen LogP) is 3.60. The summed E-state index contributed by atoms with van der Waals surface area (Å²) in [6, 6.07) is 12.6. The van der Waals surface area contributed by atoms with Crippen LogP contribution in [-0.2, 0) is 4.79 Å². The van der Waals surface area contributed by atoms with E-state index in [1.807, 2.05) is 39.0 Å². The summed E-state index contributed by atoms with van der Waals surface area (Å²) in [7, 11) is 0. The molecule has 1 aliphatic heterocycles. The molecule has 0 spiro atoms. The zero-order chi connectivity index (χ0) is 17.3. The molecule has 5 heteroatoms. The van der Waals surface area contributed by atoms with E-state index in [4.69, 9.17) is 4.74 Å². The number of benzene rings is 2. The molecule has 2 aromatic rings. The Bertz CT molecular complexity index is 812. The molecule has 2 N–H and O–H groups in total. The number of nitrogens with one attached hydrogen (secondary N) is 2. The number of ether oxygens (including phenoxy) is 1. The van der Waals surface area contributed by atoms with Crippen molar-refractivity contribution in [3.8, 4) is 5.75 Å². The Morgan fingerprint density at radius 1 is 1.21 bits per heavy atom. The number of carbonyl (C=O) groups is 2. The lowest BCUT2D eigenvalue weighted by Crippen LogP contribution is -2.33. The summed E-state index contributed by atoms with van der Waals surface area (Å²) in [4.78, 5) is 24.6. The van der Waals surface area contributed by atoms with Crippen molar-refractivity contribution in [1.82, 2.24) is 0 Å². The Morgan fingerprint density at radius 2 is 2.00 bits per heavy atom. The van der Waals surface area contributed by atoms with Gasteiger partial charge in [0.05, 0.1) is 11.1 Å². The smallest absolute Gasteiger partial charge is 0.255 e. The summed E-state index contributed by atoms with van der Waals surface area (Å²) >= 11 is 0. The third kappa shape index (κ3) is 3.25. The summed E-state index contributed by atoms with van der Waals surface area (Å²) in [5.74, 6) is 0.297. The maximum absolute atomic E-state index is 12.3. The Hall–Kier alpha value is -2.82. The van der Waals surface area contributed by atoms with Gasteiger partial charge in [-0.05, 0) is 51.1 Å². The average molecular weight is 324 g/mol. The average Bonchev–Trinajstić information content (AvgIpc) is 2.64. The lowest BCUT2D eigenvalue weighted by molar-refractivity contribution is -0.124. The van der Waals surface area contributed by atoms with Crippen LogP contribution in [0.15, 0.2) is 42.5 Å². The Balaban J connectivity index is 1.82. The molecule has 2 amide bonds. The largest absolute Gasteiger partial charge is 0.490 e. The van der Waals surface area contributed by atoms with Crippen LogP contribution in [0.5, 0.6) is 5.75 Å². The standard InChI is InChI=1S/C19H20N2O3/c1-12-5-4-6-13(9-12)17(22)20-14-7-8-16-15(10-14)21-18(23)19(2,3)11-24-16/h4-10H,11H2,1-3H3,(H,20,22)(H,21,23). The van der Waals surface area contributed by atoms with Gasteiger partial charge in [-0.25, -0.2) is 0 Å². The van der Waals surface area contributed by atoms with E-state index in [0.717, 1.165) is 5.56 Å². The van der Waals surface area contributed by atoms with E-state index in [9.17, 15) is 9.59 Å². The van der Waals surface area contributed by atoms with Gasteiger partial charge in [0.15, 0.2) is 0 Å². The third-order valence-corrected chi connectivity index (χ3v) is 3.97. The number of rotatable bonds is 2. The molecule has 0 aromatic heterocycles. The molecule has 1 aliphatic rings. The van der Waals surface area contributed by atoms with Crippen LogP contribution in [-0.4, -0.2) is 18.4 Å². The quantitative estimate of drug-likeness (QED) is 0.887. The second kappa shape index (κ2) is 6.00. The fourth-order valence-electron chi connectivity index (χ4n) is 2.44. The highest BCUT2D eigenvalue weighted by molar-refractivity contribution is 6.05. The molecule has 24 heavy (non-hydrogen) atoms. The maximum atomic E-state index is 12.3. The van der Waals surface area contributed by atoms with Crippen LogP contribution in [0.1, 0.15) is 29.8 Å². The second-order valence-corrected chi connectivity index (χ2v) is 6.66. The van der Waals surface area contributed by atoms with Gasteiger partial charge in [-0.2, -0.15) is 0 Å². The van der Waals surface area contributed by atoms with Crippen molar-refractivity contribution in [3.05, 3.63) is 53.6 Å². The number of amides is 2. The van der Waals surface area contributed by atoms with Crippen molar-refractivity contribution in [1.29, 1.82) is 0 Å². The normalized spacial score (nSPS) is 15.5. The van der Waals surface area contributed by atoms with Crippen molar-refractivity contribution in [2.45, 2.75) is 20.8 Å². The van der Waals surface area contributed by atoms with Crippen LogP contribution in [0.25, 0.3) is 0 Å². The Morgan fingerprint density at radius 3 is 2.75 bits per heavy atom. The van der Waals surface area contributed by atoms with E-state index < -0.39 is 5.41 Å². The first kappa shape index (κ1) is 16.1. The van der Waals surface area contributed by atoms with Gasteiger partial charge in [0.1, 0.15) is 12.4 Å². The fraction of sp³-hybridized carbons (Fsp3) is 0.263. The van der Waals surface area contributed by atoms with Gasteiger partial charge >= 0.3 is 0 Å². The minimum atomic E-state index is -0.607. The zero-order valence-corrected chi connectivity index (χ0v) is 14.0. The molecule has 0 radical (unpaired) electrons. The molecule has 0 aliphatic carbocycles. The lowest BCUT2D eigenvalue weighted by atomic mass is 9.94. The molecular weight excluding hydrogens is 304 g/mol. The van der Waals surface area contributed by atoms with E-state index in [1.165, 1.54) is 0 Å². The number of anilines is 2. The summed E-state index contributed by atoms with van der Waals surface area (Å²) in [6.45, 7) is 5.90. The highest BCUT2D eigenvalue weighted by Crippen LogP contribution is 2.34. The summed E-state index contributed by atoms with van der Waals surface area (Å²) in [5.41, 5.74) is 2.17. The van der Waals surface area contributed by atoms with Crippen molar-refractivity contribution < 1.29 is 14.3 Å². The van der Waals surface area contributed by atoms with E-state index in [0.29, 0.717) is 29.3 Å². The molecule has 1 heterocycles. The molecule has 0 saturated heterocycles. The monoisotopic (exact) mass is 324 g/mol. The van der Waals surface area contributed by atoms with Gasteiger partial charge in [0, 0.05) is 11.3 Å². The van der Waals surface area contributed by atoms with Crippen molar-refractivity contribution in [2.75, 3.05) is 17.2 Å². The Kier molecular flexibility index (Phi) is 4.01. The first-order chi connectivity index (χ1) is 11.3. The molecule has 124 valence electrons. The van der Waals surface area contributed by atoms with Crippen LogP contribution in [0.4, 0.5) is 11.4 Å². The van der Waals surface area contributed by atoms with Crippen molar-refractivity contribution in [2.24, 2.45) is 5.41 Å².